The zero-order chi connectivity index (χ0) is 27.2. The van der Waals surface area contributed by atoms with Crippen LogP contribution in [-0.4, -0.2) is 47.1 Å². The number of methoxy groups -OCH3 is 1. The van der Waals surface area contributed by atoms with Crippen LogP contribution >= 0.6 is 11.8 Å². The molecule has 2 aliphatic heterocycles. The molecule has 0 atom stereocenters. The maximum absolute atomic E-state index is 12.9. The molecule has 0 aromatic heterocycles. The summed E-state index contributed by atoms with van der Waals surface area (Å²) in [4.78, 5) is 41.6. The van der Waals surface area contributed by atoms with Gasteiger partial charge in [-0.15, -0.1) is 0 Å². The molecule has 8 heteroatoms. The second kappa shape index (κ2) is 12.2. The minimum absolute atomic E-state index is 0.0809. The lowest BCUT2D eigenvalue weighted by Gasteiger charge is -2.26. The number of nitrogens with zero attached hydrogens (tertiary/aromatic N) is 2. The molecule has 2 heterocycles. The van der Waals surface area contributed by atoms with Gasteiger partial charge in [0.15, 0.2) is 11.5 Å². The predicted molar refractivity (Wildman–Crippen MR) is 151 cm³/mol. The SMILES string of the molecule is COc1cc(/C=C2\SC(=O)N(Cc3ccccc3)C2=O)ccc1OCc1ccc(C(=O)N2CCCCC2)cc1. The standard InChI is InChI=1S/C31H30N2O5S/c1-37-27-18-24(19-28-30(35)33(31(36)39-28)20-22-8-4-2-5-9-22)12-15-26(27)38-21-23-10-13-25(14-11-23)29(34)32-16-6-3-7-17-32/h2,4-5,8-15,18-19H,3,6-7,16-17,20-21H2,1H3/b28-19-. The van der Waals surface area contributed by atoms with Crippen molar-refractivity contribution in [2.24, 2.45) is 0 Å². The van der Waals surface area contributed by atoms with Crippen LogP contribution in [-0.2, 0) is 17.9 Å². The average Bonchev–Trinajstić information content (AvgIpc) is 3.24. The summed E-state index contributed by atoms with van der Waals surface area (Å²) in [6, 6.07) is 22.3. The molecular weight excluding hydrogens is 512 g/mol. The molecule has 3 aromatic carbocycles. The molecule has 3 aromatic rings. The Morgan fingerprint density at radius 2 is 1.64 bits per heavy atom. The summed E-state index contributed by atoms with van der Waals surface area (Å²) in [5, 5.41) is -0.286. The first-order valence-corrected chi connectivity index (χ1v) is 13.8. The van der Waals surface area contributed by atoms with E-state index >= 15 is 0 Å². The second-order valence-corrected chi connectivity index (χ2v) is 10.5. The highest BCUT2D eigenvalue weighted by Gasteiger charge is 2.35. The first-order chi connectivity index (χ1) is 19.0. The average molecular weight is 543 g/mol. The molecule has 3 amide bonds. The van der Waals surface area contributed by atoms with Crippen LogP contribution in [0.3, 0.4) is 0 Å². The Bertz CT molecular complexity index is 1380. The van der Waals surface area contributed by atoms with Gasteiger partial charge in [-0.05, 0) is 78.1 Å². The maximum atomic E-state index is 12.9. The molecular formula is C31H30N2O5S. The molecule has 0 N–H and O–H groups in total. The smallest absolute Gasteiger partial charge is 0.293 e. The Balaban J connectivity index is 1.22. The third-order valence-electron chi connectivity index (χ3n) is 6.78. The molecule has 0 saturated carbocycles. The van der Waals surface area contributed by atoms with E-state index in [0.717, 1.165) is 54.4 Å². The van der Waals surface area contributed by atoms with Crippen molar-refractivity contribution in [2.45, 2.75) is 32.4 Å². The molecule has 2 saturated heterocycles. The normalized spacial score (nSPS) is 16.6. The third kappa shape index (κ3) is 6.34. The number of piperidine rings is 1. The fourth-order valence-corrected chi connectivity index (χ4v) is 5.47. The van der Waals surface area contributed by atoms with Crippen molar-refractivity contribution in [3.05, 3.63) is 100.0 Å². The molecule has 39 heavy (non-hydrogen) atoms. The van der Waals surface area contributed by atoms with Crippen molar-refractivity contribution in [2.75, 3.05) is 20.2 Å². The van der Waals surface area contributed by atoms with Gasteiger partial charge in [0.1, 0.15) is 6.61 Å². The molecule has 0 spiro atoms. The number of likely N-dealkylation sites (tertiary alicyclic amines) is 1. The van der Waals surface area contributed by atoms with Crippen LogP contribution in [0, 0.1) is 0 Å². The monoisotopic (exact) mass is 542 g/mol. The molecule has 5 rings (SSSR count). The summed E-state index contributed by atoms with van der Waals surface area (Å²) in [5.41, 5.74) is 3.25. The molecule has 0 radical (unpaired) electrons. The van der Waals surface area contributed by atoms with Gasteiger partial charge in [-0.2, -0.15) is 0 Å². The number of amides is 3. The van der Waals surface area contributed by atoms with Gasteiger partial charge in [-0.25, -0.2) is 0 Å². The fraction of sp³-hybridized carbons (Fsp3) is 0.258. The number of carbonyl (C=O) groups excluding carboxylic acids is 3. The lowest BCUT2D eigenvalue weighted by molar-refractivity contribution is -0.123. The zero-order valence-electron chi connectivity index (χ0n) is 21.8. The Morgan fingerprint density at radius 3 is 2.36 bits per heavy atom. The molecule has 200 valence electrons. The van der Waals surface area contributed by atoms with Gasteiger partial charge in [-0.3, -0.25) is 19.3 Å². The maximum Gasteiger partial charge on any atom is 0.293 e. The number of hydrogen-bond donors (Lipinski definition) is 0. The van der Waals surface area contributed by atoms with Crippen LogP contribution in [0.1, 0.15) is 46.3 Å². The number of imide groups is 1. The Kier molecular flexibility index (Phi) is 8.32. The first-order valence-electron chi connectivity index (χ1n) is 13.0. The zero-order valence-corrected chi connectivity index (χ0v) is 22.6. The highest BCUT2D eigenvalue weighted by atomic mass is 32.2. The van der Waals surface area contributed by atoms with Gasteiger partial charge in [0.2, 0.25) is 0 Å². The lowest BCUT2D eigenvalue weighted by Crippen LogP contribution is -2.35. The van der Waals surface area contributed by atoms with E-state index in [4.69, 9.17) is 9.47 Å². The number of hydrogen-bond acceptors (Lipinski definition) is 6. The van der Waals surface area contributed by atoms with Crippen molar-refractivity contribution in [3.63, 3.8) is 0 Å². The molecule has 7 nitrogen and oxygen atoms in total. The van der Waals surface area contributed by atoms with Crippen LogP contribution < -0.4 is 9.47 Å². The predicted octanol–water partition coefficient (Wildman–Crippen LogP) is 6.14. The fourth-order valence-electron chi connectivity index (χ4n) is 4.63. The van der Waals surface area contributed by atoms with E-state index in [1.165, 1.54) is 11.3 Å². The quantitative estimate of drug-likeness (QED) is 0.319. The molecule has 0 aliphatic carbocycles. The summed E-state index contributed by atoms with van der Waals surface area (Å²) in [6.07, 6.45) is 5.01. The number of carbonyl (C=O) groups is 3. The van der Waals surface area contributed by atoms with E-state index in [0.29, 0.717) is 28.6 Å². The van der Waals surface area contributed by atoms with E-state index < -0.39 is 0 Å². The third-order valence-corrected chi connectivity index (χ3v) is 7.69. The second-order valence-electron chi connectivity index (χ2n) is 9.50. The van der Waals surface area contributed by atoms with Crippen molar-refractivity contribution in [3.8, 4) is 11.5 Å². The highest BCUT2D eigenvalue weighted by molar-refractivity contribution is 8.18. The van der Waals surface area contributed by atoms with Crippen LogP contribution in [0.15, 0.2) is 77.7 Å². The van der Waals surface area contributed by atoms with E-state index in [9.17, 15) is 14.4 Å². The van der Waals surface area contributed by atoms with Crippen molar-refractivity contribution in [1.29, 1.82) is 0 Å². The minimum Gasteiger partial charge on any atom is -0.493 e. The van der Waals surface area contributed by atoms with Gasteiger partial charge >= 0.3 is 0 Å². The Hall–Kier alpha value is -4.04. The Morgan fingerprint density at radius 1 is 0.897 bits per heavy atom. The molecule has 0 unspecified atom stereocenters. The summed E-state index contributed by atoms with van der Waals surface area (Å²) in [7, 11) is 1.56. The molecule has 2 fully saturated rings. The summed E-state index contributed by atoms with van der Waals surface area (Å²) >= 11 is 0.933. The van der Waals surface area contributed by atoms with E-state index in [-0.39, 0.29) is 23.6 Å². The van der Waals surface area contributed by atoms with Crippen molar-refractivity contribution < 1.29 is 23.9 Å². The Labute approximate surface area is 232 Å². The summed E-state index contributed by atoms with van der Waals surface area (Å²) in [5.74, 6) is 0.845. The largest absolute Gasteiger partial charge is 0.493 e. The van der Waals surface area contributed by atoms with Crippen LogP contribution in [0.4, 0.5) is 4.79 Å². The van der Waals surface area contributed by atoms with Crippen molar-refractivity contribution in [1.82, 2.24) is 9.80 Å². The molecule has 0 bridgehead atoms. The van der Waals surface area contributed by atoms with Gasteiger partial charge in [0, 0.05) is 18.7 Å². The number of ether oxygens (including phenoxy) is 2. The number of rotatable bonds is 8. The highest BCUT2D eigenvalue weighted by Crippen LogP contribution is 2.35. The van der Waals surface area contributed by atoms with Crippen molar-refractivity contribution >= 4 is 34.9 Å². The number of benzene rings is 3. The van der Waals surface area contributed by atoms with E-state index in [2.05, 4.69) is 0 Å². The van der Waals surface area contributed by atoms with Crippen LogP contribution in [0.5, 0.6) is 11.5 Å². The number of thioether (sulfide) groups is 1. The van der Waals surface area contributed by atoms with Gasteiger partial charge in [0.05, 0.1) is 18.6 Å². The van der Waals surface area contributed by atoms with Crippen LogP contribution in [0.2, 0.25) is 0 Å². The molecule has 2 aliphatic rings. The summed E-state index contributed by atoms with van der Waals surface area (Å²) < 4.78 is 11.5. The van der Waals surface area contributed by atoms with Crippen LogP contribution in [0.25, 0.3) is 6.08 Å². The van der Waals surface area contributed by atoms with Gasteiger partial charge in [-0.1, -0.05) is 48.5 Å². The van der Waals surface area contributed by atoms with E-state index in [1.54, 1.807) is 25.3 Å². The topological polar surface area (TPSA) is 76.1 Å². The van der Waals surface area contributed by atoms with E-state index in [1.807, 2.05) is 65.6 Å². The van der Waals surface area contributed by atoms with Gasteiger partial charge < -0.3 is 14.4 Å². The van der Waals surface area contributed by atoms with Gasteiger partial charge in [0.25, 0.3) is 17.1 Å². The first kappa shape index (κ1) is 26.6. The summed E-state index contributed by atoms with van der Waals surface area (Å²) in [6.45, 7) is 2.20. The lowest BCUT2D eigenvalue weighted by atomic mass is 10.1. The minimum atomic E-state index is -0.310.